The molecule has 0 aliphatic heterocycles. The molecule has 0 spiro atoms. The van der Waals surface area contributed by atoms with Gasteiger partial charge in [-0.3, -0.25) is 14.9 Å². The maximum absolute atomic E-state index is 13.8. The van der Waals surface area contributed by atoms with Crippen LogP contribution in [0.2, 0.25) is 0 Å². The van der Waals surface area contributed by atoms with E-state index in [1.165, 1.54) is 7.11 Å². The van der Waals surface area contributed by atoms with Gasteiger partial charge in [-0.2, -0.15) is 0 Å². The van der Waals surface area contributed by atoms with Crippen LogP contribution in [0.25, 0.3) is 0 Å². The van der Waals surface area contributed by atoms with Crippen molar-refractivity contribution in [3.8, 4) is 0 Å². The van der Waals surface area contributed by atoms with Gasteiger partial charge in [0, 0.05) is 17.7 Å². The highest BCUT2D eigenvalue weighted by Crippen LogP contribution is 2.31. The largest absolute Gasteiger partial charge is 0.469 e. The van der Waals surface area contributed by atoms with Gasteiger partial charge in [0.1, 0.15) is 5.82 Å². The van der Waals surface area contributed by atoms with Crippen LogP contribution < -0.4 is 5.73 Å². The molecule has 1 aromatic carbocycles. The number of esters is 1. The molecule has 0 heterocycles. The summed E-state index contributed by atoms with van der Waals surface area (Å²) in [6, 6.07) is 3.08. The summed E-state index contributed by atoms with van der Waals surface area (Å²) < 4.78 is 18.3. The highest BCUT2D eigenvalue weighted by molar-refractivity contribution is 5.71. The Kier molecular flexibility index (Phi) is 4.55. The molecule has 0 radical (unpaired) electrons. The summed E-state index contributed by atoms with van der Waals surface area (Å²) in [6.07, 6.45) is -0.0156. The number of hydrogen-bond donors (Lipinski definition) is 1. The van der Waals surface area contributed by atoms with Gasteiger partial charge in [-0.15, -0.1) is 0 Å². The van der Waals surface area contributed by atoms with Gasteiger partial charge in [0.25, 0.3) is 5.69 Å². The van der Waals surface area contributed by atoms with Gasteiger partial charge in [-0.25, -0.2) is 4.39 Å². The fraction of sp³-hybridized carbons (Fsp3) is 0.417. The van der Waals surface area contributed by atoms with Crippen LogP contribution >= 0.6 is 0 Å². The molecule has 0 amide bonds. The third kappa shape index (κ3) is 3.25. The SMILES string of the molecule is CCC(N)(CC(=O)OC)c1cc([N+](=O)[O-])ccc1F. The zero-order valence-electron chi connectivity index (χ0n) is 10.7. The van der Waals surface area contributed by atoms with Crippen molar-refractivity contribution in [2.45, 2.75) is 25.3 Å². The van der Waals surface area contributed by atoms with Crippen molar-refractivity contribution in [1.82, 2.24) is 0 Å². The van der Waals surface area contributed by atoms with E-state index in [9.17, 15) is 19.3 Å². The minimum absolute atomic E-state index is 0.0606. The number of rotatable bonds is 5. The summed E-state index contributed by atoms with van der Waals surface area (Å²) in [4.78, 5) is 21.4. The van der Waals surface area contributed by atoms with Crippen molar-refractivity contribution in [2.24, 2.45) is 5.73 Å². The minimum Gasteiger partial charge on any atom is -0.469 e. The Morgan fingerprint density at radius 2 is 2.21 bits per heavy atom. The van der Waals surface area contributed by atoms with Crippen LogP contribution in [0, 0.1) is 15.9 Å². The first-order valence-corrected chi connectivity index (χ1v) is 5.64. The maximum Gasteiger partial charge on any atom is 0.307 e. The lowest BCUT2D eigenvalue weighted by atomic mass is 9.84. The maximum atomic E-state index is 13.8. The molecule has 0 aliphatic carbocycles. The van der Waals surface area contributed by atoms with Crippen LogP contribution in [0.5, 0.6) is 0 Å². The normalized spacial score (nSPS) is 13.7. The fourth-order valence-electron chi connectivity index (χ4n) is 1.75. The third-order valence-corrected chi connectivity index (χ3v) is 3.02. The number of nitrogens with two attached hydrogens (primary N) is 1. The average molecular weight is 270 g/mol. The van der Waals surface area contributed by atoms with Crippen LogP contribution in [0.3, 0.4) is 0 Å². The van der Waals surface area contributed by atoms with Gasteiger partial charge in [0.05, 0.1) is 24.0 Å². The van der Waals surface area contributed by atoms with Crippen molar-refractivity contribution in [1.29, 1.82) is 0 Å². The van der Waals surface area contributed by atoms with Crippen molar-refractivity contribution in [3.05, 3.63) is 39.7 Å². The number of carbonyl (C=O) groups is 1. The van der Waals surface area contributed by atoms with Gasteiger partial charge in [0.15, 0.2) is 0 Å². The molecule has 0 bridgehead atoms. The standard InChI is InChI=1S/C12H15FN2O4/c1-3-12(14,7-11(16)19-2)9-6-8(15(17)18)4-5-10(9)13/h4-6H,3,7,14H2,1-2H3. The van der Waals surface area contributed by atoms with E-state index in [-0.39, 0.29) is 24.1 Å². The van der Waals surface area contributed by atoms with Crippen molar-refractivity contribution >= 4 is 11.7 Å². The Morgan fingerprint density at radius 3 is 2.68 bits per heavy atom. The summed E-state index contributed by atoms with van der Waals surface area (Å²) >= 11 is 0. The molecule has 0 saturated heterocycles. The molecule has 0 aromatic heterocycles. The van der Waals surface area contributed by atoms with Crippen LogP contribution in [0.1, 0.15) is 25.3 Å². The first-order valence-electron chi connectivity index (χ1n) is 5.64. The van der Waals surface area contributed by atoms with E-state index in [0.717, 1.165) is 18.2 Å². The first-order chi connectivity index (χ1) is 8.84. The predicted molar refractivity (Wildman–Crippen MR) is 65.8 cm³/mol. The highest BCUT2D eigenvalue weighted by Gasteiger charge is 2.33. The van der Waals surface area contributed by atoms with E-state index in [2.05, 4.69) is 4.74 Å². The lowest BCUT2D eigenvalue weighted by Crippen LogP contribution is -2.39. The molecule has 1 rings (SSSR count). The van der Waals surface area contributed by atoms with Gasteiger partial charge in [-0.05, 0) is 12.5 Å². The minimum atomic E-state index is -1.33. The van der Waals surface area contributed by atoms with E-state index in [4.69, 9.17) is 5.73 Å². The topological polar surface area (TPSA) is 95.5 Å². The number of nitro groups is 1. The molecular formula is C12H15FN2O4. The molecule has 0 aliphatic rings. The molecule has 0 fully saturated rings. The van der Waals surface area contributed by atoms with Crippen LogP contribution in [-0.4, -0.2) is 18.0 Å². The Bertz CT molecular complexity index is 507. The van der Waals surface area contributed by atoms with Crippen molar-refractivity contribution in [3.63, 3.8) is 0 Å². The van der Waals surface area contributed by atoms with Crippen LogP contribution in [-0.2, 0) is 15.1 Å². The van der Waals surface area contributed by atoms with Gasteiger partial charge >= 0.3 is 5.97 Å². The smallest absolute Gasteiger partial charge is 0.307 e. The van der Waals surface area contributed by atoms with Crippen molar-refractivity contribution < 1.29 is 18.8 Å². The summed E-state index contributed by atoms with van der Waals surface area (Å²) in [5.41, 5.74) is 4.34. The number of nitrogens with zero attached hydrogens (tertiary/aromatic N) is 1. The summed E-state index contributed by atoms with van der Waals surface area (Å²) in [7, 11) is 1.20. The molecule has 1 atom stereocenters. The van der Waals surface area contributed by atoms with E-state index < -0.39 is 22.2 Å². The monoisotopic (exact) mass is 270 g/mol. The number of carbonyl (C=O) groups excluding carboxylic acids is 1. The van der Waals surface area contributed by atoms with E-state index in [1.54, 1.807) is 6.92 Å². The second-order valence-corrected chi connectivity index (χ2v) is 4.18. The Balaban J connectivity index is 3.26. The first kappa shape index (κ1) is 15.0. The van der Waals surface area contributed by atoms with Gasteiger partial charge in [0.2, 0.25) is 0 Å². The summed E-state index contributed by atoms with van der Waals surface area (Å²) in [6.45, 7) is 1.67. The number of methoxy groups -OCH3 is 1. The fourth-order valence-corrected chi connectivity index (χ4v) is 1.75. The number of benzene rings is 1. The third-order valence-electron chi connectivity index (χ3n) is 3.02. The van der Waals surface area contributed by atoms with Crippen molar-refractivity contribution in [2.75, 3.05) is 7.11 Å². The summed E-state index contributed by atoms with van der Waals surface area (Å²) in [5, 5.41) is 10.7. The van der Waals surface area contributed by atoms with Crippen LogP contribution in [0.15, 0.2) is 18.2 Å². The Morgan fingerprint density at radius 1 is 1.58 bits per heavy atom. The second-order valence-electron chi connectivity index (χ2n) is 4.18. The van der Waals surface area contributed by atoms with E-state index in [0.29, 0.717) is 0 Å². The molecule has 1 aromatic rings. The average Bonchev–Trinajstić information content (AvgIpc) is 2.38. The molecule has 104 valence electrons. The van der Waals surface area contributed by atoms with E-state index >= 15 is 0 Å². The summed E-state index contributed by atoms with van der Waals surface area (Å²) in [5.74, 6) is -1.28. The molecular weight excluding hydrogens is 255 g/mol. The van der Waals surface area contributed by atoms with Gasteiger partial charge < -0.3 is 10.5 Å². The number of hydrogen-bond acceptors (Lipinski definition) is 5. The number of ether oxygens (including phenoxy) is 1. The molecule has 19 heavy (non-hydrogen) atoms. The number of nitro benzene ring substituents is 1. The van der Waals surface area contributed by atoms with Crippen LogP contribution in [0.4, 0.5) is 10.1 Å². The zero-order valence-corrected chi connectivity index (χ0v) is 10.7. The number of halogens is 1. The zero-order chi connectivity index (χ0) is 14.6. The lowest BCUT2D eigenvalue weighted by Gasteiger charge is -2.27. The van der Waals surface area contributed by atoms with Gasteiger partial charge in [-0.1, -0.05) is 6.92 Å². The quantitative estimate of drug-likeness (QED) is 0.500. The Labute approximate surface area is 109 Å². The molecule has 6 nitrogen and oxygen atoms in total. The second kappa shape index (κ2) is 5.75. The lowest BCUT2D eigenvalue weighted by molar-refractivity contribution is -0.385. The molecule has 0 saturated carbocycles. The predicted octanol–water partition coefficient (Wildman–Crippen LogP) is 1.86. The molecule has 2 N–H and O–H groups in total. The Hall–Kier alpha value is -2.02. The number of non-ortho nitro benzene ring substituents is 1. The molecule has 1 unspecified atom stereocenters. The molecule has 7 heteroatoms. The highest BCUT2D eigenvalue weighted by atomic mass is 19.1. The van der Waals surface area contributed by atoms with E-state index in [1.807, 2.05) is 0 Å².